The number of aliphatic hydroxyl groups excluding tert-OH is 1. The summed E-state index contributed by atoms with van der Waals surface area (Å²) in [5.41, 5.74) is 1.21. The maximum Gasteiger partial charge on any atom is 0.244 e. The van der Waals surface area contributed by atoms with Crippen molar-refractivity contribution in [1.82, 2.24) is 24.3 Å². The van der Waals surface area contributed by atoms with Gasteiger partial charge in [0, 0.05) is 49.5 Å². The number of rotatable bonds is 10. The molecule has 2 fully saturated rings. The van der Waals surface area contributed by atoms with Crippen molar-refractivity contribution in [2.75, 3.05) is 39.9 Å². The van der Waals surface area contributed by atoms with Crippen molar-refractivity contribution >= 4 is 31.1 Å². The van der Waals surface area contributed by atoms with Crippen molar-refractivity contribution in [1.29, 1.82) is 0 Å². The first-order valence-electron chi connectivity index (χ1n) is 13.2. The molecule has 0 aliphatic carbocycles. The molecule has 4 heterocycles. The first-order chi connectivity index (χ1) is 19.0. The van der Waals surface area contributed by atoms with Crippen LogP contribution in [-0.4, -0.2) is 93.9 Å². The Morgan fingerprint density at radius 3 is 2.75 bits per heavy atom. The van der Waals surface area contributed by atoms with Gasteiger partial charge in [0.2, 0.25) is 20.0 Å². The van der Waals surface area contributed by atoms with Crippen molar-refractivity contribution in [3.8, 4) is 5.75 Å². The molecular weight excluding hydrogens is 558 g/mol. The SMILES string of the molecule is CNS(=O)(=O)c1cccc(OCC(O)CNC2COC3(CCN(S(=O)(=O)c4cnc5[nH]cc(C)c5c4)CC3)C2)c1. The molecule has 0 bridgehead atoms. The molecule has 0 radical (unpaired) electrons. The van der Waals surface area contributed by atoms with E-state index in [1.165, 1.54) is 29.7 Å². The summed E-state index contributed by atoms with van der Waals surface area (Å²) < 4.78 is 66.1. The molecule has 2 aromatic heterocycles. The highest BCUT2D eigenvalue weighted by Crippen LogP contribution is 2.37. The Kier molecular flexibility index (Phi) is 8.21. The molecule has 5 rings (SSSR count). The second kappa shape index (κ2) is 11.4. The fourth-order valence-corrected chi connectivity index (χ4v) is 7.45. The third kappa shape index (κ3) is 6.03. The van der Waals surface area contributed by atoms with E-state index in [2.05, 4.69) is 20.0 Å². The number of piperidine rings is 1. The fraction of sp³-hybridized carbons (Fsp3) is 0.500. The number of hydrogen-bond acceptors (Lipinski definition) is 9. The van der Waals surface area contributed by atoms with Crippen LogP contribution in [0.2, 0.25) is 0 Å². The van der Waals surface area contributed by atoms with Crippen LogP contribution in [0.1, 0.15) is 24.8 Å². The lowest BCUT2D eigenvalue weighted by Gasteiger charge is -2.38. The van der Waals surface area contributed by atoms with Gasteiger partial charge in [-0.05, 0) is 57.0 Å². The molecule has 1 aromatic carbocycles. The minimum atomic E-state index is -3.67. The minimum absolute atomic E-state index is 0.00940. The third-order valence-corrected chi connectivity index (χ3v) is 10.9. The van der Waals surface area contributed by atoms with Gasteiger partial charge in [-0.3, -0.25) is 0 Å². The van der Waals surface area contributed by atoms with Gasteiger partial charge in [0.05, 0.1) is 17.1 Å². The smallest absolute Gasteiger partial charge is 0.244 e. The summed E-state index contributed by atoms with van der Waals surface area (Å²) in [5, 5.41) is 14.5. The molecule has 4 N–H and O–H groups in total. The Morgan fingerprint density at radius 2 is 2.00 bits per heavy atom. The van der Waals surface area contributed by atoms with Gasteiger partial charge in [0.25, 0.3) is 0 Å². The monoisotopic (exact) mass is 593 g/mol. The molecule has 0 amide bonds. The molecule has 12 nitrogen and oxygen atoms in total. The van der Waals surface area contributed by atoms with Crippen LogP contribution < -0.4 is 14.8 Å². The van der Waals surface area contributed by atoms with Crippen molar-refractivity contribution in [3.63, 3.8) is 0 Å². The minimum Gasteiger partial charge on any atom is -0.491 e. The fourth-order valence-electron chi connectivity index (χ4n) is 5.27. The Bertz CT molecular complexity index is 1570. The zero-order valence-electron chi connectivity index (χ0n) is 22.5. The van der Waals surface area contributed by atoms with Gasteiger partial charge in [0.15, 0.2) is 0 Å². The van der Waals surface area contributed by atoms with E-state index in [1.807, 2.05) is 13.1 Å². The van der Waals surface area contributed by atoms with E-state index in [1.54, 1.807) is 18.2 Å². The Labute approximate surface area is 234 Å². The number of H-pyrrole nitrogens is 1. The summed E-state index contributed by atoms with van der Waals surface area (Å²) >= 11 is 0. The van der Waals surface area contributed by atoms with E-state index in [-0.39, 0.29) is 29.0 Å². The highest BCUT2D eigenvalue weighted by molar-refractivity contribution is 7.89. The molecule has 218 valence electrons. The first-order valence-corrected chi connectivity index (χ1v) is 16.1. The largest absolute Gasteiger partial charge is 0.491 e. The number of ether oxygens (including phenoxy) is 2. The Morgan fingerprint density at radius 1 is 1.23 bits per heavy atom. The number of pyridine rings is 1. The lowest BCUT2D eigenvalue weighted by atomic mass is 9.88. The van der Waals surface area contributed by atoms with E-state index in [9.17, 15) is 21.9 Å². The number of benzene rings is 1. The van der Waals surface area contributed by atoms with Gasteiger partial charge in [-0.15, -0.1) is 0 Å². The van der Waals surface area contributed by atoms with Gasteiger partial charge < -0.3 is 24.9 Å². The molecular formula is C26H35N5O7S2. The molecule has 3 aromatic rings. The molecule has 2 aliphatic heterocycles. The Hall–Kier alpha value is -2.59. The van der Waals surface area contributed by atoms with Gasteiger partial charge in [-0.25, -0.2) is 26.5 Å². The van der Waals surface area contributed by atoms with Gasteiger partial charge in [-0.2, -0.15) is 4.31 Å². The van der Waals surface area contributed by atoms with Gasteiger partial charge in [0.1, 0.15) is 29.0 Å². The van der Waals surface area contributed by atoms with Crippen molar-refractivity contribution in [3.05, 3.63) is 48.3 Å². The first kappa shape index (κ1) is 28.9. The summed E-state index contributed by atoms with van der Waals surface area (Å²) in [7, 11) is -5.92. The topological polar surface area (TPSA) is 163 Å². The normalized spacial score (nSPS) is 20.7. The number of aryl methyl sites for hydroxylation is 1. The van der Waals surface area contributed by atoms with E-state index < -0.39 is 31.8 Å². The lowest BCUT2D eigenvalue weighted by molar-refractivity contribution is -0.0312. The van der Waals surface area contributed by atoms with Crippen LogP contribution in [0.5, 0.6) is 5.75 Å². The van der Waals surface area contributed by atoms with Crippen molar-refractivity contribution in [2.45, 2.75) is 53.7 Å². The summed E-state index contributed by atoms with van der Waals surface area (Å²) in [6.07, 6.45) is 4.28. The average molecular weight is 594 g/mol. The van der Waals surface area contributed by atoms with Crippen LogP contribution in [-0.2, 0) is 24.8 Å². The number of hydrogen-bond donors (Lipinski definition) is 4. The predicted molar refractivity (Wildman–Crippen MR) is 148 cm³/mol. The van der Waals surface area contributed by atoms with Crippen LogP contribution in [0, 0.1) is 6.92 Å². The van der Waals surface area contributed by atoms with Crippen molar-refractivity contribution < 1.29 is 31.4 Å². The second-order valence-electron chi connectivity index (χ2n) is 10.4. The zero-order valence-corrected chi connectivity index (χ0v) is 24.1. The van der Waals surface area contributed by atoms with Gasteiger partial charge >= 0.3 is 0 Å². The van der Waals surface area contributed by atoms with Crippen molar-refractivity contribution in [2.24, 2.45) is 0 Å². The maximum atomic E-state index is 13.3. The summed E-state index contributed by atoms with van der Waals surface area (Å²) in [6, 6.07) is 7.78. The number of nitrogens with one attached hydrogen (secondary N) is 3. The highest BCUT2D eigenvalue weighted by atomic mass is 32.2. The average Bonchev–Trinajstić information content (AvgIpc) is 3.53. The number of aliphatic hydroxyl groups is 1. The molecule has 2 atom stereocenters. The van der Waals surface area contributed by atoms with Crippen LogP contribution in [0.25, 0.3) is 11.0 Å². The van der Waals surface area contributed by atoms with Crippen LogP contribution in [0.15, 0.2) is 52.5 Å². The van der Waals surface area contributed by atoms with E-state index in [4.69, 9.17) is 9.47 Å². The summed E-state index contributed by atoms with van der Waals surface area (Å²) in [4.78, 5) is 7.59. The molecule has 0 saturated carbocycles. The number of aromatic amines is 1. The number of nitrogens with zero attached hydrogens (tertiary/aromatic N) is 2. The highest BCUT2D eigenvalue weighted by Gasteiger charge is 2.44. The molecule has 14 heteroatoms. The quantitative estimate of drug-likeness (QED) is 0.270. The summed E-state index contributed by atoms with van der Waals surface area (Å²) in [6.45, 7) is 3.36. The third-order valence-electron chi connectivity index (χ3n) is 7.66. The maximum absolute atomic E-state index is 13.3. The van der Waals surface area contributed by atoms with Crippen LogP contribution >= 0.6 is 0 Å². The molecule has 2 saturated heterocycles. The molecule has 2 aliphatic rings. The van der Waals surface area contributed by atoms with E-state index >= 15 is 0 Å². The summed E-state index contributed by atoms with van der Waals surface area (Å²) in [5.74, 6) is 0.346. The zero-order chi connectivity index (χ0) is 28.5. The predicted octanol–water partition coefficient (Wildman–Crippen LogP) is 1.12. The van der Waals surface area contributed by atoms with E-state index in [0.717, 1.165) is 10.9 Å². The number of fused-ring (bicyclic) bond motifs is 1. The molecule has 1 spiro atoms. The van der Waals surface area contributed by atoms with Gasteiger partial charge in [-0.1, -0.05) is 6.07 Å². The molecule has 40 heavy (non-hydrogen) atoms. The standard InChI is InChI=1S/C26H35N5O7S2/c1-18-13-29-25-24(18)11-23(15-30-25)40(35,36)31-8-6-26(7-9-31)12-19(16-38-26)28-14-20(32)17-37-21-4-3-5-22(10-21)39(33,34)27-2/h3-5,10-11,13,15,19-20,27-28,32H,6-9,12,14,16-17H2,1-2H3,(H,29,30). The number of aromatic nitrogens is 2. The number of sulfonamides is 2. The van der Waals surface area contributed by atoms with Crippen LogP contribution in [0.4, 0.5) is 0 Å². The second-order valence-corrected chi connectivity index (χ2v) is 14.2. The Balaban J connectivity index is 1.09. The van der Waals surface area contributed by atoms with E-state index in [0.29, 0.717) is 50.4 Å². The lowest BCUT2D eigenvalue weighted by Crippen LogP contribution is -2.47. The van der Waals surface area contributed by atoms with Crippen LogP contribution in [0.3, 0.4) is 0 Å². The molecule has 2 unspecified atom stereocenters.